The van der Waals surface area contributed by atoms with Gasteiger partial charge >= 0.3 is 0 Å². The number of carbonyl (C=O) groups is 1. The molecule has 19 heavy (non-hydrogen) atoms. The van der Waals surface area contributed by atoms with Gasteiger partial charge in [0.1, 0.15) is 5.03 Å². The van der Waals surface area contributed by atoms with E-state index < -0.39 is 0 Å². The van der Waals surface area contributed by atoms with Gasteiger partial charge in [0, 0.05) is 38.6 Å². The summed E-state index contributed by atoms with van der Waals surface area (Å²) in [7, 11) is 3.64. The van der Waals surface area contributed by atoms with Crippen molar-refractivity contribution in [3.8, 4) is 0 Å². The topological polar surface area (TPSA) is 51.0 Å². The lowest BCUT2D eigenvalue weighted by Gasteiger charge is -2.17. The van der Waals surface area contributed by atoms with Crippen LogP contribution in [0.15, 0.2) is 35.7 Å². The third kappa shape index (κ3) is 3.14. The Labute approximate surface area is 116 Å². The largest absolute Gasteiger partial charge is 0.337 e. The first kappa shape index (κ1) is 13.6. The van der Waals surface area contributed by atoms with Gasteiger partial charge in [-0.1, -0.05) is 0 Å². The van der Waals surface area contributed by atoms with Crippen molar-refractivity contribution in [2.75, 3.05) is 13.3 Å². The standard InChI is InChI=1S/C13H16N4OS/c1-16(8-10-7-15-17(2)9-10)13(18)11-5-4-6-14-12(11)19-3/h4-7,9H,8H2,1-3H3. The Hall–Kier alpha value is -1.82. The average molecular weight is 276 g/mol. The van der Waals surface area contributed by atoms with E-state index in [1.165, 1.54) is 11.8 Å². The summed E-state index contributed by atoms with van der Waals surface area (Å²) in [6, 6.07) is 3.59. The van der Waals surface area contributed by atoms with Crippen LogP contribution in [0.5, 0.6) is 0 Å². The van der Waals surface area contributed by atoms with Gasteiger partial charge in [0.25, 0.3) is 5.91 Å². The molecule has 0 unspecified atom stereocenters. The first-order valence-corrected chi connectivity index (χ1v) is 7.06. The summed E-state index contributed by atoms with van der Waals surface area (Å²) in [6.07, 6.45) is 7.29. The van der Waals surface area contributed by atoms with E-state index in [1.54, 1.807) is 41.2 Å². The molecular formula is C13H16N4OS. The highest BCUT2D eigenvalue weighted by Crippen LogP contribution is 2.18. The number of nitrogens with zero attached hydrogens (tertiary/aromatic N) is 4. The summed E-state index contributed by atoms with van der Waals surface area (Å²) in [5.41, 5.74) is 1.65. The Kier molecular flexibility index (Phi) is 4.21. The molecule has 5 nitrogen and oxygen atoms in total. The summed E-state index contributed by atoms with van der Waals surface area (Å²) in [5.74, 6) is -0.0266. The van der Waals surface area contributed by atoms with Gasteiger partial charge in [-0.25, -0.2) is 4.98 Å². The predicted molar refractivity (Wildman–Crippen MR) is 75.0 cm³/mol. The minimum atomic E-state index is -0.0266. The zero-order valence-corrected chi connectivity index (χ0v) is 12.0. The number of amides is 1. The van der Waals surface area contributed by atoms with E-state index in [0.717, 1.165) is 10.6 Å². The number of carbonyl (C=O) groups excluding carboxylic acids is 1. The summed E-state index contributed by atoms with van der Waals surface area (Å²) in [5, 5.41) is 4.85. The molecule has 1 amide bonds. The summed E-state index contributed by atoms with van der Waals surface area (Å²) in [6.45, 7) is 0.537. The summed E-state index contributed by atoms with van der Waals surface area (Å²) in [4.78, 5) is 18.3. The maximum absolute atomic E-state index is 12.4. The maximum Gasteiger partial charge on any atom is 0.256 e. The lowest BCUT2D eigenvalue weighted by Crippen LogP contribution is -2.26. The van der Waals surface area contributed by atoms with E-state index in [2.05, 4.69) is 10.1 Å². The van der Waals surface area contributed by atoms with Crippen LogP contribution in [-0.4, -0.2) is 38.9 Å². The highest BCUT2D eigenvalue weighted by Gasteiger charge is 2.16. The zero-order chi connectivity index (χ0) is 13.8. The van der Waals surface area contributed by atoms with Gasteiger partial charge in [0.2, 0.25) is 0 Å². The second-order valence-corrected chi connectivity index (χ2v) is 5.04. The molecule has 0 aliphatic carbocycles. The molecule has 2 aromatic rings. The lowest BCUT2D eigenvalue weighted by molar-refractivity contribution is 0.0781. The van der Waals surface area contributed by atoms with Crippen molar-refractivity contribution in [3.63, 3.8) is 0 Å². The molecule has 0 atom stereocenters. The van der Waals surface area contributed by atoms with Gasteiger partial charge in [-0.05, 0) is 18.4 Å². The Morgan fingerprint density at radius 1 is 1.53 bits per heavy atom. The molecule has 6 heteroatoms. The first-order chi connectivity index (χ1) is 9.11. The summed E-state index contributed by atoms with van der Waals surface area (Å²) < 4.78 is 1.73. The molecule has 100 valence electrons. The minimum absolute atomic E-state index is 0.0266. The zero-order valence-electron chi connectivity index (χ0n) is 11.2. The molecule has 0 radical (unpaired) electrons. The van der Waals surface area contributed by atoms with E-state index in [0.29, 0.717) is 12.1 Å². The van der Waals surface area contributed by atoms with Crippen molar-refractivity contribution in [1.29, 1.82) is 0 Å². The second kappa shape index (κ2) is 5.88. The second-order valence-electron chi connectivity index (χ2n) is 4.24. The van der Waals surface area contributed by atoms with Crippen LogP contribution in [0.1, 0.15) is 15.9 Å². The third-order valence-corrected chi connectivity index (χ3v) is 3.43. The Bertz CT molecular complexity index is 582. The van der Waals surface area contributed by atoms with Crippen molar-refractivity contribution >= 4 is 17.7 Å². The quantitative estimate of drug-likeness (QED) is 0.799. The molecule has 0 bridgehead atoms. The number of aryl methyl sites for hydroxylation is 1. The van der Waals surface area contributed by atoms with E-state index in [4.69, 9.17) is 0 Å². The van der Waals surface area contributed by atoms with Crippen LogP contribution < -0.4 is 0 Å². The van der Waals surface area contributed by atoms with Crippen molar-refractivity contribution < 1.29 is 4.79 Å². The predicted octanol–water partition coefficient (Wildman–Crippen LogP) is 1.81. The van der Waals surface area contributed by atoms with Gasteiger partial charge < -0.3 is 4.90 Å². The fourth-order valence-corrected chi connectivity index (χ4v) is 2.36. The van der Waals surface area contributed by atoms with Gasteiger partial charge in [-0.3, -0.25) is 9.48 Å². The van der Waals surface area contributed by atoms with Crippen molar-refractivity contribution in [1.82, 2.24) is 19.7 Å². The Morgan fingerprint density at radius 2 is 2.32 bits per heavy atom. The van der Waals surface area contributed by atoms with Crippen LogP contribution in [0.25, 0.3) is 0 Å². The highest BCUT2D eigenvalue weighted by atomic mass is 32.2. The van der Waals surface area contributed by atoms with Crippen molar-refractivity contribution in [3.05, 3.63) is 41.9 Å². The fraction of sp³-hybridized carbons (Fsp3) is 0.308. The highest BCUT2D eigenvalue weighted by molar-refractivity contribution is 7.98. The van der Waals surface area contributed by atoms with Crippen LogP contribution in [-0.2, 0) is 13.6 Å². The van der Waals surface area contributed by atoms with E-state index in [-0.39, 0.29) is 5.91 Å². The van der Waals surface area contributed by atoms with Crippen LogP contribution in [0.4, 0.5) is 0 Å². The van der Waals surface area contributed by atoms with E-state index in [1.807, 2.05) is 19.5 Å². The molecular weight excluding hydrogens is 260 g/mol. The normalized spacial score (nSPS) is 10.5. The molecule has 2 heterocycles. The van der Waals surface area contributed by atoms with E-state index in [9.17, 15) is 4.79 Å². The molecule has 0 spiro atoms. The Morgan fingerprint density at radius 3 is 2.95 bits per heavy atom. The lowest BCUT2D eigenvalue weighted by atomic mass is 10.2. The number of pyridine rings is 1. The molecule has 0 fully saturated rings. The third-order valence-electron chi connectivity index (χ3n) is 2.72. The molecule has 0 saturated heterocycles. The van der Waals surface area contributed by atoms with Gasteiger partial charge in [-0.15, -0.1) is 11.8 Å². The van der Waals surface area contributed by atoms with Gasteiger partial charge in [-0.2, -0.15) is 5.10 Å². The van der Waals surface area contributed by atoms with Crippen LogP contribution >= 0.6 is 11.8 Å². The van der Waals surface area contributed by atoms with Crippen LogP contribution in [0.3, 0.4) is 0 Å². The molecule has 0 N–H and O–H groups in total. The van der Waals surface area contributed by atoms with Crippen LogP contribution in [0.2, 0.25) is 0 Å². The number of rotatable bonds is 4. The van der Waals surface area contributed by atoms with Crippen molar-refractivity contribution in [2.24, 2.45) is 7.05 Å². The molecule has 0 aliphatic rings. The molecule has 0 aliphatic heterocycles. The average Bonchev–Trinajstić information content (AvgIpc) is 2.83. The number of aromatic nitrogens is 3. The number of thioether (sulfide) groups is 1. The smallest absolute Gasteiger partial charge is 0.256 e. The first-order valence-electron chi connectivity index (χ1n) is 5.84. The molecule has 0 saturated carbocycles. The van der Waals surface area contributed by atoms with Crippen molar-refractivity contribution in [2.45, 2.75) is 11.6 Å². The number of hydrogen-bond donors (Lipinski definition) is 0. The SMILES string of the molecule is CSc1ncccc1C(=O)N(C)Cc1cnn(C)c1. The monoisotopic (exact) mass is 276 g/mol. The molecule has 2 aromatic heterocycles. The summed E-state index contributed by atoms with van der Waals surface area (Å²) >= 11 is 1.48. The van der Waals surface area contributed by atoms with Gasteiger partial charge in [0.05, 0.1) is 11.8 Å². The minimum Gasteiger partial charge on any atom is -0.337 e. The maximum atomic E-state index is 12.4. The van der Waals surface area contributed by atoms with E-state index >= 15 is 0 Å². The molecule has 0 aromatic carbocycles. The van der Waals surface area contributed by atoms with Gasteiger partial charge in [0.15, 0.2) is 0 Å². The number of hydrogen-bond acceptors (Lipinski definition) is 4. The van der Waals surface area contributed by atoms with Crippen LogP contribution in [0, 0.1) is 0 Å². The fourth-order valence-electron chi connectivity index (χ4n) is 1.82. The Balaban J connectivity index is 2.14. The molecule has 2 rings (SSSR count).